The zero-order valence-electron chi connectivity index (χ0n) is 9.45. The van der Waals surface area contributed by atoms with Crippen molar-refractivity contribution < 1.29 is 4.42 Å². The summed E-state index contributed by atoms with van der Waals surface area (Å²) >= 11 is 0. The van der Waals surface area contributed by atoms with E-state index in [0.717, 1.165) is 11.3 Å². The van der Waals surface area contributed by atoms with E-state index < -0.39 is 0 Å². The largest absolute Gasteiger partial charge is 0.459 e. The van der Waals surface area contributed by atoms with Crippen molar-refractivity contribution in [2.45, 2.75) is 26.8 Å². The third-order valence-corrected chi connectivity index (χ3v) is 2.85. The molecule has 0 aliphatic carbocycles. The van der Waals surface area contributed by atoms with E-state index in [1.54, 1.807) is 0 Å². The van der Waals surface area contributed by atoms with Crippen molar-refractivity contribution in [3.05, 3.63) is 35.6 Å². The van der Waals surface area contributed by atoms with Crippen LogP contribution in [0.2, 0.25) is 0 Å². The predicted molar refractivity (Wildman–Crippen MR) is 62.7 cm³/mol. The third-order valence-electron chi connectivity index (χ3n) is 2.85. The molecule has 0 aliphatic heterocycles. The van der Waals surface area contributed by atoms with Crippen LogP contribution in [0, 0.1) is 12.8 Å². The molecule has 0 saturated heterocycles. The number of hydrogen-bond donors (Lipinski definition) is 1. The van der Waals surface area contributed by atoms with Gasteiger partial charge in [-0.1, -0.05) is 26.0 Å². The van der Waals surface area contributed by atoms with Gasteiger partial charge in [0.2, 0.25) is 0 Å². The normalized spacial score (nSPS) is 13.7. The average Bonchev–Trinajstić information content (AvgIpc) is 2.61. The lowest BCUT2D eigenvalue weighted by molar-refractivity contribution is 0.418. The first-order chi connectivity index (χ1) is 7.09. The molecule has 0 bridgehead atoms. The summed E-state index contributed by atoms with van der Waals surface area (Å²) in [5, 5.41) is 1.17. The molecule has 0 spiro atoms. The first-order valence-electron chi connectivity index (χ1n) is 5.34. The maximum atomic E-state index is 6.06. The van der Waals surface area contributed by atoms with E-state index in [1.807, 2.05) is 12.1 Å². The van der Waals surface area contributed by atoms with Crippen molar-refractivity contribution in [1.29, 1.82) is 0 Å². The highest BCUT2D eigenvalue weighted by Crippen LogP contribution is 2.28. The first-order valence-corrected chi connectivity index (χ1v) is 5.34. The summed E-state index contributed by atoms with van der Waals surface area (Å²) in [4.78, 5) is 0. The lowest BCUT2D eigenvalue weighted by Gasteiger charge is -2.11. The summed E-state index contributed by atoms with van der Waals surface area (Å²) in [7, 11) is 0. The average molecular weight is 203 g/mol. The number of aryl methyl sites for hydroxylation is 1. The molecule has 15 heavy (non-hydrogen) atoms. The molecule has 0 amide bonds. The summed E-state index contributed by atoms with van der Waals surface area (Å²) in [5.41, 5.74) is 8.22. The van der Waals surface area contributed by atoms with Crippen molar-refractivity contribution >= 4 is 11.0 Å². The number of furan rings is 1. The van der Waals surface area contributed by atoms with Gasteiger partial charge in [-0.05, 0) is 30.5 Å². The molecule has 2 heteroatoms. The highest BCUT2D eigenvalue weighted by molar-refractivity contribution is 5.81. The van der Waals surface area contributed by atoms with Gasteiger partial charge in [0.15, 0.2) is 0 Å². The maximum absolute atomic E-state index is 6.06. The van der Waals surface area contributed by atoms with Gasteiger partial charge in [0.25, 0.3) is 0 Å². The second kappa shape index (κ2) is 3.70. The van der Waals surface area contributed by atoms with Gasteiger partial charge in [-0.2, -0.15) is 0 Å². The molecule has 1 aromatic carbocycles. The minimum atomic E-state index is -0.0169. The molecule has 2 aromatic rings. The van der Waals surface area contributed by atoms with Crippen LogP contribution in [0.15, 0.2) is 28.7 Å². The summed E-state index contributed by atoms with van der Waals surface area (Å²) in [5.74, 6) is 1.28. The molecule has 80 valence electrons. The Balaban J connectivity index is 2.52. The summed E-state index contributed by atoms with van der Waals surface area (Å²) in [6, 6.07) is 8.12. The lowest BCUT2D eigenvalue weighted by atomic mass is 10.0. The van der Waals surface area contributed by atoms with Crippen LogP contribution in [0.4, 0.5) is 0 Å². The molecule has 2 nitrogen and oxygen atoms in total. The molecule has 2 N–H and O–H groups in total. The topological polar surface area (TPSA) is 39.2 Å². The van der Waals surface area contributed by atoms with E-state index in [4.69, 9.17) is 10.2 Å². The smallest absolute Gasteiger partial charge is 0.134 e. The van der Waals surface area contributed by atoms with Gasteiger partial charge in [-0.3, -0.25) is 0 Å². The number of hydrogen-bond acceptors (Lipinski definition) is 2. The summed E-state index contributed by atoms with van der Waals surface area (Å²) in [6.07, 6.45) is 0. The molecule has 0 aliphatic rings. The van der Waals surface area contributed by atoms with Gasteiger partial charge in [-0.15, -0.1) is 0 Å². The molecular formula is C13H17NO. The minimum absolute atomic E-state index is 0.0169. The zero-order valence-corrected chi connectivity index (χ0v) is 9.45. The third kappa shape index (κ3) is 1.77. The van der Waals surface area contributed by atoms with Crippen LogP contribution in [0.25, 0.3) is 11.0 Å². The Hall–Kier alpha value is -1.28. The Kier molecular flexibility index (Phi) is 2.53. The lowest BCUT2D eigenvalue weighted by Crippen LogP contribution is -2.15. The fourth-order valence-corrected chi connectivity index (χ4v) is 1.72. The van der Waals surface area contributed by atoms with E-state index >= 15 is 0 Å². The second-order valence-corrected chi connectivity index (χ2v) is 4.41. The molecule has 1 atom stereocenters. The van der Waals surface area contributed by atoms with Gasteiger partial charge >= 0.3 is 0 Å². The van der Waals surface area contributed by atoms with Crippen molar-refractivity contribution in [3.63, 3.8) is 0 Å². The molecule has 1 heterocycles. The van der Waals surface area contributed by atoms with Gasteiger partial charge in [0, 0.05) is 5.39 Å². The van der Waals surface area contributed by atoms with Crippen molar-refractivity contribution in [3.8, 4) is 0 Å². The number of benzene rings is 1. The SMILES string of the molecule is Cc1cccc2oc([C@@H](N)C(C)C)cc12. The molecule has 0 fully saturated rings. The van der Waals surface area contributed by atoms with Gasteiger partial charge in [0.1, 0.15) is 11.3 Å². The van der Waals surface area contributed by atoms with E-state index in [1.165, 1.54) is 10.9 Å². The highest BCUT2D eigenvalue weighted by Gasteiger charge is 2.15. The number of nitrogens with two attached hydrogens (primary N) is 1. The molecular weight excluding hydrogens is 186 g/mol. The summed E-state index contributed by atoms with van der Waals surface area (Å²) < 4.78 is 5.75. The molecule has 0 radical (unpaired) electrons. The molecule has 0 saturated carbocycles. The maximum Gasteiger partial charge on any atom is 0.134 e. The number of fused-ring (bicyclic) bond motifs is 1. The van der Waals surface area contributed by atoms with Crippen LogP contribution in [-0.4, -0.2) is 0 Å². The van der Waals surface area contributed by atoms with Crippen LogP contribution in [-0.2, 0) is 0 Å². The molecule has 0 unspecified atom stereocenters. The molecule has 1 aromatic heterocycles. The predicted octanol–water partition coefficient (Wildman–Crippen LogP) is 3.40. The van der Waals surface area contributed by atoms with Crippen LogP contribution < -0.4 is 5.73 Å². The number of rotatable bonds is 2. The van der Waals surface area contributed by atoms with Gasteiger partial charge < -0.3 is 10.2 Å². The summed E-state index contributed by atoms with van der Waals surface area (Å²) in [6.45, 7) is 6.29. The quantitative estimate of drug-likeness (QED) is 0.812. The van der Waals surface area contributed by atoms with E-state index in [2.05, 4.69) is 32.9 Å². The Morgan fingerprint density at radius 2 is 2.00 bits per heavy atom. The standard InChI is InChI=1S/C13H17NO/c1-8(2)13(14)12-7-10-9(3)5-4-6-11(10)15-12/h4-8,13H,14H2,1-3H3/t13-/m0/s1. The Labute approximate surface area is 90.1 Å². The fourth-order valence-electron chi connectivity index (χ4n) is 1.72. The highest BCUT2D eigenvalue weighted by atomic mass is 16.3. The Bertz CT molecular complexity index is 470. The van der Waals surface area contributed by atoms with Crippen LogP contribution >= 0.6 is 0 Å². The van der Waals surface area contributed by atoms with Crippen molar-refractivity contribution in [2.24, 2.45) is 11.7 Å². The zero-order chi connectivity index (χ0) is 11.0. The van der Waals surface area contributed by atoms with Crippen LogP contribution in [0.5, 0.6) is 0 Å². The van der Waals surface area contributed by atoms with Gasteiger partial charge in [0.05, 0.1) is 6.04 Å². The Morgan fingerprint density at radius 1 is 1.27 bits per heavy atom. The van der Waals surface area contributed by atoms with Crippen LogP contribution in [0.1, 0.15) is 31.2 Å². The second-order valence-electron chi connectivity index (χ2n) is 4.41. The van der Waals surface area contributed by atoms with E-state index in [9.17, 15) is 0 Å². The minimum Gasteiger partial charge on any atom is -0.459 e. The Morgan fingerprint density at radius 3 is 2.60 bits per heavy atom. The first kappa shape index (κ1) is 10.2. The molecule has 2 rings (SSSR count). The monoisotopic (exact) mass is 203 g/mol. The van der Waals surface area contributed by atoms with Crippen molar-refractivity contribution in [1.82, 2.24) is 0 Å². The van der Waals surface area contributed by atoms with Crippen molar-refractivity contribution in [2.75, 3.05) is 0 Å². The fraction of sp³-hybridized carbons (Fsp3) is 0.385. The van der Waals surface area contributed by atoms with E-state index in [-0.39, 0.29) is 6.04 Å². The van der Waals surface area contributed by atoms with Crippen LogP contribution in [0.3, 0.4) is 0 Å². The van der Waals surface area contributed by atoms with Gasteiger partial charge in [-0.25, -0.2) is 0 Å². The van der Waals surface area contributed by atoms with E-state index in [0.29, 0.717) is 5.92 Å².